The molecule has 0 unspecified atom stereocenters. The molecule has 0 spiro atoms. The highest BCUT2D eigenvalue weighted by molar-refractivity contribution is 7.99. The minimum atomic E-state index is -0.515. The number of piperidine rings is 1. The average molecular weight is 488 g/mol. The highest BCUT2D eigenvalue weighted by Crippen LogP contribution is 2.38. The molecule has 33 heavy (non-hydrogen) atoms. The lowest BCUT2D eigenvalue weighted by molar-refractivity contribution is 0.0448. The van der Waals surface area contributed by atoms with E-state index in [0.29, 0.717) is 5.02 Å². The number of hydrogen-bond donors (Lipinski definition) is 1. The number of benzene rings is 1. The number of halogens is 1. The molecule has 3 heterocycles. The van der Waals surface area contributed by atoms with Crippen LogP contribution in [0.5, 0.6) is 0 Å². The van der Waals surface area contributed by atoms with E-state index in [-0.39, 0.29) is 11.6 Å². The maximum atomic E-state index is 12.3. The van der Waals surface area contributed by atoms with E-state index in [2.05, 4.69) is 22.1 Å². The fourth-order valence-electron chi connectivity index (χ4n) is 3.90. The molecule has 1 aliphatic rings. The van der Waals surface area contributed by atoms with Gasteiger partial charge in [0.15, 0.2) is 5.65 Å². The summed E-state index contributed by atoms with van der Waals surface area (Å²) in [6.07, 6.45) is 4.96. The Kier molecular flexibility index (Phi) is 6.51. The van der Waals surface area contributed by atoms with Crippen molar-refractivity contribution >= 4 is 41.1 Å². The summed E-state index contributed by atoms with van der Waals surface area (Å²) in [5.41, 5.74) is 0.942. The van der Waals surface area contributed by atoms with Crippen molar-refractivity contribution in [3.8, 4) is 0 Å². The number of nitrogens with one attached hydrogen (secondary N) is 1. The van der Waals surface area contributed by atoms with Gasteiger partial charge in [0, 0.05) is 35.9 Å². The number of alkyl carbamates (subject to hydrolysis) is 1. The second kappa shape index (κ2) is 9.06. The first kappa shape index (κ1) is 23.7. The molecule has 1 fully saturated rings. The first-order valence-corrected chi connectivity index (χ1v) is 12.3. The summed E-state index contributed by atoms with van der Waals surface area (Å²) in [6.45, 7) is 11.2. The molecule has 176 valence electrons. The Morgan fingerprint density at radius 1 is 1.24 bits per heavy atom. The summed E-state index contributed by atoms with van der Waals surface area (Å²) < 4.78 is 7.49. The van der Waals surface area contributed by atoms with Crippen molar-refractivity contribution in [1.82, 2.24) is 19.7 Å². The molecular weight excluding hydrogens is 458 g/mol. The highest BCUT2D eigenvalue weighted by atomic mass is 35.5. The van der Waals surface area contributed by atoms with Crippen LogP contribution < -0.4 is 10.2 Å². The third kappa shape index (κ3) is 5.38. The number of fused-ring (bicyclic) bond motifs is 1. The standard InChI is InChI=1S/C24H30ClN5O2S/c1-16-19(33-18-9-7-6-8-17(18)25)20-26-12-15-30(20)21(27-16)29-13-10-24(5,11-14-29)28-22(31)32-23(2,3)4/h6-9,12,15H,10-11,13-14H2,1-5H3,(H,28,31). The molecule has 9 heteroatoms. The molecule has 3 aromatic rings. The Balaban J connectivity index is 1.53. The fourth-order valence-corrected chi connectivity index (χ4v) is 5.12. The van der Waals surface area contributed by atoms with Crippen molar-refractivity contribution in [3.05, 3.63) is 47.4 Å². The number of ether oxygens (including phenoxy) is 1. The summed E-state index contributed by atoms with van der Waals surface area (Å²) in [7, 11) is 0. The first-order valence-electron chi connectivity index (χ1n) is 11.1. The lowest BCUT2D eigenvalue weighted by Gasteiger charge is -2.40. The number of nitrogens with zero attached hydrogens (tertiary/aromatic N) is 4. The fraction of sp³-hybridized carbons (Fsp3) is 0.458. The van der Waals surface area contributed by atoms with Crippen molar-refractivity contribution in [3.63, 3.8) is 0 Å². The van der Waals surface area contributed by atoms with Crippen molar-refractivity contribution in [1.29, 1.82) is 0 Å². The van der Waals surface area contributed by atoms with Gasteiger partial charge in [-0.15, -0.1) is 0 Å². The summed E-state index contributed by atoms with van der Waals surface area (Å²) in [4.78, 5) is 26.1. The zero-order chi connectivity index (χ0) is 23.8. The Bertz CT molecular complexity index is 1170. The number of aryl methyl sites for hydroxylation is 1. The van der Waals surface area contributed by atoms with Gasteiger partial charge in [-0.25, -0.2) is 14.8 Å². The van der Waals surface area contributed by atoms with E-state index in [1.54, 1.807) is 18.0 Å². The largest absolute Gasteiger partial charge is 0.444 e. The Morgan fingerprint density at radius 3 is 2.61 bits per heavy atom. The van der Waals surface area contributed by atoms with E-state index in [1.165, 1.54) is 0 Å². The van der Waals surface area contributed by atoms with Gasteiger partial charge in [-0.05, 0) is 59.6 Å². The predicted molar refractivity (Wildman–Crippen MR) is 133 cm³/mol. The molecule has 1 N–H and O–H groups in total. The first-order chi connectivity index (χ1) is 15.5. The number of imidazole rings is 1. The zero-order valence-electron chi connectivity index (χ0n) is 19.7. The molecule has 2 aromatic heterocycles. The van der Waals surface area contributed by atoms with Crippen LogP contribution in [0.2, 0.25) is 5.02 Å². The number of amides is 1. The topological polar surface area (TPSA) is 71.8 Å². The molecule has 4 rings (SSSR count). The van der Waals surface area contributed by atoms with Crippen molar-refractivity contribution in [2.24, 2.45) is 0 Å². The van der Waals surface area contributed by atoms with Gasteiger partial charge in [0.1, 0.15) is 5.60 Å². The van der Waals surface area contributed by atoms with Crippen LogP contribution in [-0.4, -0.2) is 44.7 Å². The Morgan fingerprint density at radius 2 is 1.94 bits per heavy atom. The van der Waals surface area contributed by atoms with Crippen LogP contribution >= 0.6 is 23.4 Å². The van der Waals surface area contributed by atoms with Gasteiger partial charge in [-0.3, -0.25) is 4.40 Å². The predicted octanol–water partition coefficient (Wildman–Crippen LogP) is 5.73. The van der Waals surface area contributed by atoms with Crippen LogP contribution in [0.1, 0.15) is 46.2 Å². The molecule has 0 saturated carbocycles. The summed E-state index contributed by atoms with van der Waals surface area (Å²) in [5.74, 6) is 0.864. The summed E-state index contributed by atoms with van der Waals surface area (Å²) in [5, 5.41) is 3.78. The normalized spacial score (nSPS) is 16.1. The van der Waals surface area contributed by atoms with Gasteiger partial charge < -0.3 is 15.0 Å². The number of carbonyl (C=O) groups is 1. The number of rotatable bonds is 4. The van der Waals surface area contributed by atoms with Gasteiger partial charge in [0.2, 0.25) is 5.95 Å². The van der Waals surface area contributed by atoms with Gasteiger partial charge in [-0.2, -0.15) is 0 Å². The van der Waals surface area contributed by atoms with E-state index in [4.69, 9.17) is 21.3 Å². The molecule has 0 radical (unpaired) electrons. The zero-order valence-corrected chi connectivity index (χ0v) is 21.3. The monoisotopic (exact) mass is 487 g/mol. The molecule has 7 nitrogen and oxygen atoms in total. The molecular formula is C24H30ClN5O2S. The van der Waals surface area contributed by atoms with E-state index in [1.807, 2.05) is 62.6 Å². The SMILES string of the molecule is Cc1nc(N2CCC(C)(NC(=O)OC(C)(C)C)CC2)n2ccnc2c1Sc1ccccc1Cl. The molecule has 0 aliphatic carbocycles. The second-order valence-electron chi connectivity index (χ2n) is 9.65. The van der Waals surface area contributed by atoms with E-state index >= 15 is 0 Å². The molecule has 0 atom stereocenters. The van der Waals surface area contributed by atoms with Gasteiger partial charge in [0.25, 0.3) is 0 Å². The third-order valence-electron chi connectivity index (χ3n) is 5.66. The van der Waals surface area contributed by atoms with Crippen molar-refractivity contribution in [2.75, 3.05) is 18.0 Å². The van der Waals surface area contributed by atoms with E-state index in [9.17, 15) is 4.79 Å². The highest BCUT2D eigenvalue weighted by Gasteiger charge is 2.34. The van der Waals surface area contributed by atoms with Crippen LogP contribution in [0.4, 0.5) is 10.7 Å². The number of anilines is 1. The number of hydrogen-bond acceptors (Lipinski definition) is 6. The second-order valence-corrected chi connectivity index (χ2v) is 11.1. The maximum Gasteiger partial charge on any atom is 0.408 e. The lowest BCUT2D eigenvalue weighted by Crippen LogP contribution is -2.54. The van der Waals surface area contributed by atoms with Crippen LogP contribution in [0, 0.1) is 6.92 Å². The molecule has 1 amide bonds. The average Bonchev–Trinajstić information content (AvgIpc) is 3.20. The Hall–Kier alpha value is -2.45. The van der Waals surface area contributed by atoms with Crippen molar-refractivity contribution in [2.45, 2.75) is 68.4 Å². The lowest BCUT2D eigenvalue weighted by atomic mass is 9.90. The minimum absolute atomic E-state index is 0.318. The van der Waals surface area contributed by atoms with Crippen LogP contribution in [0.15, 0.2) is 46.5 Å². The van der Waals surface area contributed by atoms with Crippen molar-refractivity contribution < 1.29 is 9.53 Å². The van der Waals surface area contributed by atoms with Crippen LogP contribution in [-0.2, 0) is 4.74 Å². The maximum absolute atomic E-state index is 12.3. The van der Waals surface area contributed by atoms with Crippen LogP contribution in [0.25, 0.3) is 5.65 Å². The third-order valence-corrected chi connectivity index (χ3v) is 7.36. The van der Waals surface area contributed by atoms with Crippen LogP contribution in [0.3, 0.4) is 0 Å². The van der Waals surface area contributed by atoms with E-state index in [0.717, 1.165) is 53.0 Å². The smallest absolute Gasteiger partial charge is 0.408 e. The molecule has 0 bridgehead atoms. The Labute approximate surface area is 203 Å². The van der Waals surface area contributed by atoms with Gasteiger partial charge in [-0.1, -0.05) is 35.5 Å². The van der Waals surface area contributed by atoms with Gasteiger partial charge >= 0.3 is 6.09 Å². The molecule has 1 saturated heterocycles. The number of aromatic nitrogens is 3. The molecule has 1 aliphatic heterocycles. The quantitative estimate of drug-likeness (QED) is 0.507. The molecule has 1 aromatic carbocycles. The van der Waals surface area contributed by atoms with E-state index < -0.39 is 5.60 Å². The summed E-state index contributed by atoms with van der Waals surface area (Å²) >= 11 is 7.97. The van der Waals surface area contributed by atoms with Gasteiger partial charge in [0.05, 0.1) is 15.6 Å². The minimum Gasteiger partial charge on any atom is -0.444 e. The summed E-state index contributed by atoms with van der Waals surface area (Å²) in [6, 6.07) is 7.79. The number of carbonyl (C=O) groups excluding carboxylic acids is 1.